The molecule has 0 unspecified atom stereocenters. The highest BCUT2D eigenvalue weighted by Crippen LogP contribution is 2.03. The number of unbranched alkanes of at least 4 members (excludes halogenated alkanes) is 2. The van der Waals surface area contributed by atoms with Gasteiger partial charge in [0, 0.05) is 18.9 Å². The van der Waals surface area contributed by atoms with E-state index in [0.717, 1.165) is 6.42 Å². The van der Waals surface area contributed by atoms with Crippen molar-refractivity contribution >= 4 is 5.91 Å². The van der Waals surface area contributed by atoms with Crippen molar-refractivity contribution in [2.75, 3.05) is 0 Å². The van der Waals surface area contributed by atoms with E-state index in [1.165, 1.54) is 19.3 Å². The van der Waals surface area contributed by atoms with Crippen LogP contribution in [0.4, 0.5) is 0 Å². The Morgan fingerprint density at radius 3 is 2.79 bits per heavy atom. The van der Waals surface area contributed by atoms with Crippen LogP contribution >= 0.6 is 0 Å². The smallest absolute Gasteiger partial charge is 0.221 e. The molecule has 0 saturated heterocycles. The van der Waals surface area contributed by atoms with Gasteiger partial charge in [0.05, 0.1) is 0 Å². The van der Waals surface area contributed by atoms with Crippen LogP contribution < -0.4 is 5.32 Å². The Hall–Kier alpha value is -0.970. The number of carbonyl (C=O) groups is 1. The van der Waals surface area contributed by atoms with Crippen LogP contribution in [0.15, 0.2) is 0 Å². The topological polar surface area (TPSA) is 29.1 Å². The number of hydrogen-bond acceptors (Lipinski definition) is 1. The molecule has 14 heavy (non-hydrogen) atoms. The lowest BCUT2D eigenvalue weighted by atomic mass is 10.1. The first-order chi connectivity index (χ1) is 6.70. The summed E-state index contributed by atoms with van der Waals surface area (Å²) in [4.78, 5) is 11.2. The molecule has 0 aliphatic heterocycles. The van der Waals surface area contributed by atoms with Gasteiger partial charge in [0.25, 0.3) is 0 Å². The third-order valence-corrected chi connectivity index (χ3v) is 2.14. The molecule has 0 bridgehead atoms. The lowest BCUT2D eigenvalue weighted by Gasteiger charge is -2.12. The van der Waals surface area contributed by atoms with E-state index in [2.05, 4.69) is 18.2 Å². The lowest BCUT2D eigenvalue weighted by Crippen LogP contribution is -2.32. The summed E-state index contributed by atoms with van der Waals surface area (Å²) in [6.07, 6.45) is 10.8. The van der Waals surface area contributed by atoms with Crippen LogP contribution in [0.2, 0.25) is 0 Å². The Morgan fingerprint density at radius 1 is 1.50 bits per heavy atom. The molecule has 1 N–H and O–H groups in total. The fraction of sp³-hybridized carbons (Fsp3) is 0.750. The van der Waals surface area contributed by atoms with Gasteiger partial charge in [-0.1, -0.05) is 26.2 Å². The van der Waals surface area contributed by atoms with Gasteiger partial charge >= 0.3 is 0 Å². The summed E-state index contributed by atoms with van der Waals surface area (Å²) in [5, 5.41) is 2.94. The van der Waals surface area contributed by atoms with Crippen molar-refractivity contribution in [2.24, 2.45) is 0 Å². The van der Waals surface area contributed by atoms with Gasteiger partial charge in [-0.25, -0.2) is 0 Å². The minimum atomic E-state index is 0.0759. The molecule has 0 aliphatic rings. The molecule has 0 spiro atoms. The molecule has 0 aliphatic carbocycles. The van der Waals surface area contributed by atoms with E-state index in [4.69, 9.17) is 6.42 Å². The number of amides is 1. The lowest BCUT2D eigenvalue weighted by molar-refractivity contribution is -0.121. The first kappa shape index (κ1) is 13.0. The monoisotopic (exact) mass is 195 g/mol. The van der Waals surface area contributed by atoms with E-state index in [1.807, 2.05) is 6.92 Å². The third-order valence-electron chi connectivity index (χ3n) is 2.14. The Labute approximate surface area is 87.5 Å². The second-order valence-electron chi connectivity index (χ2n) is 3.67. The number of carbonyl (C=O) groups excluding carboxylic acids is 1. The van der Waals surface area contributed by atoms with Crippen molar-refractivity contribution in [2.45, 2.75) is 58.4 Å². The fourth-order valence-corrected chi connectivity index (χ4v) is 1.31. The average Bonchev–Trinajstić information content (AvgIpc) is 2.15. The molecule has 1 amide bonds. The molecule has 0 rings (SSSR count). The standard InChI is InChI=1S/C12H21NO/c1-4-6-8-9-11(3)13-12(14)10-7-5-2/h2,11H,4,6-10H2,1,3H3,(H,13,14)/t11-/m0/s1. The van der Waals surface area contributed by atoms with E-state index >= 15 is 0 Å². The first-order valence-electron chi connectivity index (χ1n) is 5.43. The quantitative estimate of drug-likeness (QED) is 0.491. The fourth-order valence-electron chi connectivity index (χ4n) is 1.31. The van der Waals surface area contributed by atoms with Crippen LogP contribution in [0.3, 0.4) is 0 Å². The van der Waals surface area contributed by atoms with Crippen molar-refractivity contribution in [3.8, 4) is 12.3 Å². The van der Waals surface area contributed by atoms with Crippen molar-refractivity contribution in [3.63, 3.8) is 0 Å². The molecule has 0 fully saturated rings. The first-order valence-corrected chi connectivity index (χ1v) is 5.43. The van der Waals surface area contributed by atoms with Gasteiger partial charge < -0.3 is 5.32 Å². The van der Waals surface area contributed by atoms with Gasteiger partial charge in [-0.2, -0.15) is 0 Å². The van der Waals surface area contributed by atoms with Crippen molar-refractivity contribution in [1.29, 1.82) is 0 Å². The minimum Gasteiger partial charge on any atom is -0.354 e. The SMILES string of the molecule is C#CCCC(=O)N[C@@H](C)CCCCC. The third kappa shape index (κ3) is 7.67. The number of hydrogen-bond donors (Lipinski definition) is 1. The van der Waals surface area contributed by atoms with Crippen LogP contribution in [-0.4, -0.2) is 11.9 Å². The van der Waals surface area contributed by atoms with E-state index < -0.39 is 0 Å². The maximum Gasteiger partial charge on any atom is 0.221 e. The molecule has 0 heterocycles. The molecule has 0 saturated carbocycles. The van der Waals surface area contributed by atoms with Gasteiger partial charge in [-0.3, -0.25) is 4.79 Å². The summed E-state index contributed by atoms with van der Waals surface area (Å²) in [5.41, 5.74) is 0. The predicted octanol–water partition coefficient (Wildman–Crippen LogP) is 2.48. The molecule has 0 aromatic carbocycles. The van der Waals surface area contributed by atoms with Crippen molar-refractivity contribution in [1.82, 2.24) is 5.32 Å². The Balaban J connectivity index is 3.46. The zero-order chi connectivity index (χ0) is 10.8. The van der Waals surface area contributed by atoms with Crippen molar-refractivity contribution in [3.05, 3.63) is 0 Å². The summed E-state index contributed by atoms with van der Waals surface area (Å²) < 4.78 is 0. The number of nitrogens with one attached hydrogen (secondary N) is 1. The van der Waals surface area contributed by atoms with Crippen LogP contribution in [0.1, 0.15) is 52.4 Å². The van der Waals surface area contributed by atoms with Gasteiger partial charge in [-0.15, -0.1) is 12.3 Å². The van der Waals surface area contributed by atoms with Gasteiger partial charge in [0.1, 0.15) is 0 Å². The van der Waals surface area contributed by atoms with Gasteiger partial charge in [0.2, 0.25) is 5.91 Å². The minimum absolute atomic E-state index is 0.0759. The van der Waals surface area contributed by atoms with Gasteiger partial charge in [0.15, 0.2) is 0 Å². The van der Waals surface area contributed by atoms with E-state index in [9.17, 15) is 4.79 Å². The Morgan fingerprint density at radius 2 is 2.21 bits per heavy atom. The summed E-state index contributed by atoms with van der Waals surface area (Å²) >= 11 is 0. The van der Waals surface area contributed by atoms with Crippen LogP contribution in [0.25, 0.3) is 0 Å². The Bertz CT molecular complexity index is 193. The highest BCUT2D eigenvalue weighted by Gasteiger charge is 2.05. The largest absolute Gasteiger partial charge is 0.354 e. The van der Waals surface area contributed by atoms with Crippen LogP contribution in [0.5, 0.6) is 0 Å². The maximum absolute atomic E-state index is 11.2. The highest BCUT2D eigenvalue weighted by molar-refractivity contribution is 5.76. The van der Waals surface area contributed by atoms with Crippen LogP contribution in [-0.2, 0) is 4.79 Å². The molecule has 0 radical (unpaired) electrons. The summed E-state index contributed by atoms with van der Waals surface area (Å²) in [5.74, 6) is 2.54. The van der Waals surface area contributed by atoms with Crippen LogP contribution in [0, 0.1) is 12.3 Å². The highest BCUT2D eigenvalue weighted by atomic mass is 16.1. The molecule has 2 nitrogen and oxygen atoms in total. The molecule has 0 aromatic rings. The Kier molecular flexibility index (Phi) is 8.02. The molecule has 0 aromatic heterocycles. The molecule has 80 valence electrons. The summed E-state index contributed by atoms with van der Waals surface area (Å²) in [6.45, 7) is 4.22. The number of rotatable bonds is 7. The predicted molar refractivity (Wildman–Crippen MR) is 59.8 cm³/mol. The second kappa shape index (κ2) is 8.62. The molecular weight excluding hydrogens is 174 g/mol. The molecule has 1 atom stereocenters. The number of terminal acetylenes is 1. The van der Waals surface area contributed by atoms with E-state index in [1.54, 1.807) is 0 Å². The second-order valence-corrected chi connectivity index (χ2v) is 3.67. The van der Waals surface area contributed by atoms with E-state index in [0.29, 0.717) is 12.8 Å². The van der Waals surface area contributed by atoms with E-state index in [-0.39, 0.29) is 11.9 Å². The average molecular weight is 195 g/mol. The zero-order valence-corrected chi connectivity index (χ0v) is 9.31. The normalized spacial score (nSPS) is 11.8. The summed E-state index contributed by atoms with van der Waals surface area (Å²) in [6, 6.07) is 0.284. The van der Waals surface area contributed by atoms with Crippen molar-refractivity contribution < 1.29 is 4.79 Å². The molecular formula is C12H21NO. The maximum atomic E-state index is 11.2. The summed E-state index contributed by atoms with van der Waals surface area (Å²) in [7, 11) is 0. The van der Waals surface area contributed by atoms with Gasteiger partial charge in [-0.05, 0) is 13.3 Å². The molecule has 2 heteroatoms. The zero-order valence-electron chi connectivity index (χ0n) is 9.31.